The molecule has 1 saturated heterocycles. The third-order valence-corrected chi connectivity index (χ3v) is 2.95. The van der Waals surface area contributed by atoms with E-state index in [-0.39, 0.29) is 11.9 Å². The molecule has 0 bridgehead atoms. The summed E-state index contributed by atoms with van der Waals surface area (Å²) in [5.74, 6) is 0.627. The van der Waals surface area contributed by atoms with Gasteiger partial charge in [-0.15, -0.1) is 0 Å². The standard InChI is InChI=1S/C13H16N4O2/c1-10(13(18)17-4-6-19-7-5-17)16-12-3-2-11(8-14)9-15-12/h2-3,9-10H,4-7H2,1H3,(H,15,16). The lowest BCUT2D eigenvalue weighted by Gasteiger charge is -2.29. The van der Waals surface area contributed by atoms with E-state index in [2.05, 4.69) is 10.3 Å². The van der Waals surface area contributed by atoms with E-state index in [1.807, 2.05) is 6.07 Å². The minimum atomic E-state index is -0.349. The first-order valence-corrected chi connectivity index (χ1v) is 6.20. The molecule has 0 saturated carbocycles. The Morgan fingerprint density at radius 3 is 2.84 bits per heavy atom. The van der Waals surface area contributed by atoms with Crippen LogP contribution in [0.3, 0.4) is 0 Å². The Morgan fingerprint density at radius 2 is 2.26 bits per heavy atom. The monoisotopic (exact) mass is 260 g/mol. The van der Waals surface area contributed by atoms with Gasteiger partial charge in [-0.3, -0.25) is 4.79 Å². The zero-order chi connectivity index (χ0) is 13.7. The molecule has 2 heterocycles. The Balaban J connectivity index is 1.93. The summed E-state index contributed by atoms with van der Waals surface area (Å²) in [7, 11) is 0. The number of carbonyl (C=O) groups is 1. The molecule has 19 heavy (non-hydrogen) atoms. The van der Waals surface area contributed by atoms with Crippen molar-refractivity contribution < 1.29 is 9.53 Å². The highest BCUT2D eigenvalue weighted by Gasteiger charge is 2.22. The van der Waals surface area contributed by atoms with Crippen molar-refractivity contribution in [3.8, 4) is 6.07 Å². The van der Waals surface area contributed by atoms with Gasteiger partial charge in [0.2, 0.25) is 5.91 Å². The van der Waals surface area contributed by atoms with Crippen LogP contribution in [-0.4, -0.2) is 48.1 Å². The molecule has 2 rings (SSSR count). The molecular formula is C13H16N4O2. The number of nitrogens with one attached hydrogen (secondary N) is 1. The van der Waals surface area contributed by atoms with Crippen LogP contribution in [0.25, 0.3) is 0 Å². The van der Waals surface area contributed by atoms with Crippen molar-refractivity contribution in [2.24, 2.45) is 0 Å². The predicted molar refractivity (Wildman–Crippen MR) is 69.4 cm³/mol. The van der Waals surface area contributed by atoms with Crippen LogP contribution >= 0.6 is 0 Å². The van der Waals surface area contributed by atoms with Crippen molar-refractivity contribution in [1.29, 1.82) is 5.26 Å². The van der Waals surface area contributed by atoms with E-state index in [1.54, 1.807) is 24.0 Å². The van der Waals surface area contributed by atoms with E-state index in [0.29, 0.717) is 37.7 Å². The van der Waals surface area contributed by atoms with Crippen LogP contribution in [0.4, 0.5) is 5.82 Å². The van der Waals surface area contributed by atoms with Crippen LogP contribution in [0.5, 0.6) is 0 Å². The molecule has 1 fully saturated rings. The van der Waals surface area contributed by atoms with Gasteiger partial charge in [-0.1, -0.05) is 0 Å². The average Bonchev–Trinajstić information content (AvgIpc) is 2.48. The van der Waals surface area contributed by atoms with Crippen LogP contribution in [0.1, 0.15) is 12.5 Å². The number of rotatable bonds is 3. The molecule has 0 aliphatic carbocycles. The average molecular weight is 260 g/mol. The normalized spacial score (nSPS) is 16.5. The van der Waals surface area contributed by atoms with Crippen molar-refractivity contribution in [1.82, 2.24) is 9.88 Å². The van der Waals surface area contributed by atoms with Gasteiger partial charge in [-0.2, -0.15) is 5.26 Å². The molecule has 1 N–H and O–H groups in total. The highest BCUT2D eigenvalue weighted by molar-refractivity contribution is 5.84. The predicted octanol–water partition coefficient (Wildman–Crippen LogP) is 0.612. The van der Waals surface area contributed by atoms with Crippen molar-refractivity contribution in [3.63, 3.8) is 0 Å². The van der Waals surface area contributed by atoms with Crippen molar-refractivity contribution in [3.05, 3.63) is 23.9 Å². The second-order valence-corrected chi connectivity index (χ2v) is 4.35. The number of morpholine rings is 1. The van der Waals surface area contributed by atoms with E-state index < -0.39 is 0 Å². The summed E-state index contributed by atoms with van der Waals surface area (Å²) >= 11 is 0. The number of hydrogen-bond acceptors (Lipinski definition) is 5. The minimum Gasteiger partial charge on any atom is -0.378 e. The maximum Gasteiger partial charge on any atom is 0.244 e. The molecule has 1 aliphatic heterocycles. The van der Waals surface area contributed by atoms with Crippen LogP contribution in [-0.2, 0) is 9.53 Å². The Hall–Kier alpha value is -2.13. The topological polar surface area (TPSA) is 78.2 Å². The van der Waals surface area contributed by atoms with Crippen LogP contribution < -0.4 is 5.32 Å². The van der Waals surface area contributed by atoms with Crippen molar-refractivity contribution >= 4 is 11.7 Å². The number of anilines is 1. The first kappa shape index (κ1) is 13.3. The van der Waals surface area contributed by atoms with Crippen molar-refractivity contribution in [2.75, 3.05) is 31.6 Å². The van der Waals surface area contributed by atoms with E-state index in [9.17, 15) is 4.79 Å². The second kappa shape index (κ2) is 6.16. The molecule has 100 valence electrons. The number of ether oxygens (including phenoxy) is 1. The molecule has 1 atom stereocenters. The number of aromatic nitrogens is 1. The molecular weight excluding hydrogens is 244 g/mol. The smallest absolute Gasteiger partial charge is 0.244 e. The summed E-state index contributed by atoms with van der Waals surface area (Å²) < 4.78 is 5.22. The van der Waals surface area contributed by atoms with Gasteiger partial charge >= 0.3 is 0 Å². The van der Waals surface area contributed by atoms with Gasteiger partial charge in [-0.25, -0.2) is 4.98 Å². The minimum absolute atomic E-state index is 0.0365. The van der Waals surface area contributed by atoms with E-state index in [4.69, 9.17) is 10.00 Å². The maximum atomic E-state index is 12.2. The quantitative estimate of drug-likeness (QED) is 0.861. The van der Waals surface area contributed by atoms with E-state index >= 15 is 0 Å². The fraction of sp³-hybridized carbons (Fsp3) is 0.462. The van der Waals surface area contributed by atoms with Crippen molar-refractivity contribution in [2.45, 2.75) is 13.0 Å². The van der Waals surface area contributed by atoms with Gasteiger partial charge < -0.3 is 15.0 Å². The lowest BCUT2D eigenvalue weighted by Crippen LogP contribution is -2.47. The number of amides is 1. The molecule has 1 aromatic heterocycles. The molecule has 0 spiro atoms. The first-order valence-electron chi connectivity index (χ1n) is 6.20. The lowest BCUT2D eigenvalue weighted by atomic mass is 10.2. The lowest BCUT2D eigenvalue weighted by molar-refractivity contribution is -0.135. The van der Waals surface area contributed by atoms with Crippen LogP contribution in [0.15, 0.2) is 18.3 Å². The zero-order valence-electron chi connectivity index (χ0n) is 10.8. The molecule has 0 aromatic carbocycles. The Labute approximate surface area is 112 Å². The van der Waals surface area contributed by atoms with Gasteiger partial charge in [0, 0.05) is 19.3 Å². The maximum absolute atomic E-state index is 12.2. The molecule has 1 unspecified atom stereocenters. The molecule has 6 heteroatoms. The second-order valence-electron chi connectivity index (χ2n) is 4.35. The summed E-state index contributed by atoms with van der Waals surface area (Å²) in [6.07, 6.45) is 1.48. The number of nitriles is 1. The van der Waals surface area contributed by atoms with Crippen LogP contribution in [0, 0.1) is 11.3 Å². The Bertz CT molecular complexity index is 474. The number of pyridine rings is 1. The molecule has 1 amide bonds. The van der Waals surface area contributed by atoms with Gasteiger partial charge in [0.15, 0.2) is 0 Å². The molecule has 6 nitrogen and oxygen atoms in total. The zero-order valence-corrected chi connectivity index (χ0v) is 10.8. The molecule has 0 radical (unpaired) electrons. The number of carbonyl (C=O) groups excluding carboxylic acids is 1. The fourth-order valence-electron chi connectivity index (χ4n) is 1.89. The highest BCUT2D eigenvalue weighted by atomic mass is 16.5. The van der Waals surface area contributed by atoms with Gasteiger partial charge in [-0.05, 0) is 19.1 Å². The largest absolute Gasteiger partial charge is 0.378 e. The van der Waals surface area contributed by atoms with Gasteiger partial charge in [0.25, 0.3) is 0 Å². The molecule has 1 aliphatic rings. The number of nitrogens with zero attached hydrogens (tertiary/aromatic N) is 3. The van der Waals surface area contributed by atoms with Crippen LogP contribution in [0.2, 0.25) is 0 Å². The Morgan fingerprint density at radius 1 is 1.53 bits per heavy atom. The Kier molecular flexibility index (Phi) is 4.31. The summed E-state index contributed by atoms with van der Waals surface area (Å²) in [4.78, 5) is 18.0. The number of hydrogen-bond donors (Lipinski definition) is 1. The molecule has 1 aromatic rings. The fourth-order valence-corrected chi connectivity index (χ4v) is 1.89. The SMILES string of the molecule is CC(Nc1ccc(C#N)cn1)C(=O)N1CCOCC1. The summed E-state index contributed by atoms with van der Waals surface area (Å²) in [5.41, 5.74) is 0.498. The van der Waals surface area contributed by atoms with E-state index in [0.717, 1.165) is 0 Å². The first-order chi connectivity index (χ1) is 9.20. The van der Waals surface area contributed by atoms with Gasteiger partial charge in [0.1, 0.15) is 17.9 Å². The third-order valence-electron chi connectivity index (χ3n) is 2.95. The summed E-state index contributed by atoms with van der Waals surface area (Å²) in [6, 6.07) is 5.02. The summed E-state index contributed by atoms with van der Waals surface area (Å²) in [6.45, 7) is 4.25. The van der Waals surface area contributed by atoms with E-state index in [1.165, 1.54) is 6.20 Å². The highest BCUT2D eigenvalue weighted by Crippen LogP contribution is 2.08. The third kappa shape index (κ3) is 3.42. The summed E-state index contributed by atoms with van der Waals surface area (Å²) in [5, 5.41) is 11.7. The van der Waals surface area contributed by atoms with Gasteiger partial charge in [0.05, 0.1) is 18.8 Å².